The Balaban J connectivity index is 2.05. The van der Waals surface area contributed by atoms with Gasteiger partial charge in [0.1, 0.15) is 28.9 Å². The fourth-order valence-corrected chi connectivity index (χ4v) is 2.03. The van der Waals surface area contributed by atoms with Gasteiger partial charge in [-0.1, -0.05) is 12.1 Å². The number of nitriles is 1. The van der Waals surface area contributed by atoms with E-state index in [2.05, 4.69) is 5.32 Å². The molecule has 1 atom stereocenters. The molecule has 1 aromatic rings. The van der Waals surface area contributed by atoms with Gasteiger partial charge in [-0.15, -0.1) is 0 Å². The van der Waals surface area contributed by atoms with E-state index < -0.39 is 23.1 Å². The Morgan fingerprint density at radius 3 is 2.77 bits per heavy atom. The maximum absolute atomic E-state index is 13.7. The number of aliphatic hydroxyl groups is 1. The van der Waals surface area contributed by atoms with Crippen LogP contribution in [0.4, 0.5) is 8.78 Å². The predicted molar refractivity (Wildman–Crippen MR) is 75.4 cm³/mol. The number of carbonyl (C=O) groups is 1. The fraction of sp³-hybridized carbons (Fsp3) is 0.375. The Morgan fingerprint density at radius 2 is 2.23 bits per heavy atom. The quantitative estimate of drug-likeness (QED) is 0.646. The maximum Gasteiger partial charge on any atom is 0.261 e. The maximum atomic E-state index is 13.7. The monoisotopic (exact) mass is 306 g/mol. The Hall–Kier alpha value is -2.26. The van der Waals surface area contributed by atoms with Crippen molar-refractivity contribution in [1.29, 1.82) is 5.26 Å². The summed E-state index contributed by atoms with van der Waals surface area (Å²) in [5, 5.41) is 21.6. The Bertz CT molecular complexity index is 659. The van der Waals surface area contributed by atoms with Gasteiger partial charge in [-0.25, -0.2) is 8.78 Å². The number of rotatable bonds is 5. The number of hydrogen-bond donors (Lipinski definition) is 2. The van der Waals surface area contributed by atoms with Gasteiger partial charge in [0.25, 0.3) is 5.91 Å². The number of amides is 1. The summed E-state index contributed by atoms with van der Waals surface area (Å²) in [4.78, 5) is 11.9. The van der Waals surface area contributed by atoms with Gasteiger partial charge in [-0.2, -0.15) is 5.26 Å². The van der Waals surface area contributed by atoms with Crippen molar-refractivity contribution < 1.29 is 18.7 Å². The van der Waals surface area contributed by atoms with E-state index in [1.54, 1.807) is 6.08 Å². The summed E-state index contributed by atoms with van der Waals surface area (Å²) < 4.78 is 26.6. The molecule has 1 aromatic carbocycles. The highest BCUT2D eigenvalue weighted by Gasteiger charge is 2.28. The normalized spacial score (nSPS) is 17.5. The summed E-state index contributed by atoms with van der Waals surface area (Å²) in [6.07, 6.45) is 3.51. The molecule has 1 saturated carbocycles. The standard InChI is InChI=1S/C16H16F2N2O2/c1-16(22,13-5-4-12(17)7-14(13)18)9-20-15(21)11(8-19)6-10-2-3-10/h4-7,10,22H,2-3,9H2,1H3,(H,20,21)/b11-6-. The zero-order valence-electron chi connectivity index (χ0n) is 12.1. The lowest BCUT2D eigenvalue weighted by Crippen LogP contribution is -2.39. The average molecular weight is 306 g/mol. The van der Waals surface area contributed by atoms with E-state index in [4.69, 9.17) is 5.26 Å². The van der Waals surface area contributed by atoms with Crippen LogP contribution in [0.1, 0.15) is 25.3 Å². The molecule has 6 heteroatoms. The zero-order chi connectivity index (χ0) is 16.3. The molecular weight excluding hydrogens is 290 g/mol. The number of hydrogen-bond acceptors (Lipinski definition) is 3. The zero-order valence-corrected chi connectivity index (χ0v) is 12.1. The number of halogens is 2. The smallest absolute Gasteiger partial charge is 0.261 e. The van der Waals surface area contributed by atoms with Crippen LogP contribution in [0.5, 0.6) is 0 Å². The topological polar surface area (TPSA) is 73.1 Å². The van der Waals surface area contributed by atoms with Gasteiger partial charge in [0.05, 0.1) is 6.54 Å². The Kier molecular flexibility index (Phi) is 4.57. The third-order valence-electron chi connectivity index (χ3n) is 3.49. The SMILES string of the molecule is CC(O)(CNC(=O)/C(C#N)=C\C1CC1)c1ccc(F)cc1F. The highest BCUT2D eigenvalue weighted by atomic mass is 19.1. The molecule has 0 spiro atoms. The first-order valence-corrected chi connectivity index (χ1v) is 6.91. The van der Waals surface area contributed by atoms with Crippen molar-refractivity contribution in [3.05, 3.63) is 47.0 Å². The molecule has 2 rings (SSSR count). The summed E-state index contributed by atoms with van der Waals surface area (Å²) >= 11 is 0. The molecule has 0 saturated heterocycles. The molecule has 1 aliphatic carbocycles. The van der Waals surface area contributed by atoms with Crippen LogP contribution in [0.15, 0.2) is 29.8 Å². The third kappa shape index (κ3) is 3.89. The molecule has 1 unspecified atom stereocenters. The first-order chi connectivity index (χ1) is 10.3. The van der Waals surface area contributed by atoms with Crippen molar-refractivity contribution in [3.63, 3.8) is 0 Å². The number of carbonyl (C=O) groups excluding carboxylic acids is 1. The lowest BCUT2D eigenvalue weighted by molar-refractivity contribution is -0.118. The second kappa shape index (κ2) is 6.24. The van der Waals surface area contributed by atoms with Crippen LogP contribution in [0, 0.1) is 28.9 Å². The van der Waals surface area contributed by atoms with E-state index in [0.717, 1.165) is 25.0 Å². The lowest BCUT2D eigenvalue weighted by atomic mass is 9.95. The summed E-state index contributed by atoms with van der Waals surface area (Å²) in [7, 11) is 0. The molecule has 0 aliphatic heterocycles. The van der Waals surface area contributed by atoms with Gasteiger partial charge < -0.3 is 10.4 Å². The van der Waals surface area contributed by atoms with E-state index in [0.29, 0.717) is 6.07 Å². The summed E-state index contributed by atoms with van der Waals surface area (Å²) in [6.45, 7) is 1.01. The second-order valence-electron chi connectivity index (χ2n) is 5.61. The first-order valence-electron chi connectivity index (χ1n) is 6.91. The largest absolute Gasteiger partial charge is 0.383 e. The molecule has 2 N–H and O–H groups in total. The highest BCUT2D eigenvalue weighted by molar-refractivity contribution is 5.97. The van der Waals surface area contributed by atoms with Crippen LogP contribution < -0.4 is 5.32 Å². The van der Waals surface area contributed by atoms with Crippen molar-refractivity contribution in [2.75, 3.05) is 6.54 Å². The minimum Gasteiger partial charge on any atom is -0.383 e. The molecule has 1 fully saturated rings. The van der Waals surface area contributed by atoms with Crippen LogP contribution in [-0.2, 0) is 10.4 Å². The minimum atomic E-state index is -1.71. The third-order valence-corrected chi connectivity index (χ3v) is 3.49. The minimum absolute atomic E-state index is 0.0159. The van der Waals surface area contributed by atoms with Crippen molar-refractivity contribution in [1.82, 2.24) is 5.32 Å². The summed E-state index contributed by atoms with van der Waals surface area (Å²) in [5.41, 5.74) is -1.86. The van der Waals surface area contributed by atoms with Crippen LogP contribution in [0.2, 0.25) is 0 Å². The van der Waals surface area contributed by atoms with E-state index in [1.165, 1.54) is 6.92 Å². The predicted octanol–water partition coefficient (Wildman–Crippen LogP) is 2.15. The van der Waals surface area contributed by atoms with Gasteiger partial charge in [0.2, 0.25) is 0 Å². The molecule has 0 radical (unpaired) electrons. The van der Waals surface area contributed by atoms with E-state index >= 15 is 0 Å². The van der Waals surface area contributed by atoms with E-state index in [-0.39, 0.29) is 23.6 Å². The number of nitrogens with one attached hydrogen (secondary N) is 1. The van der Waals surface area contributed by atoms with Gasteiger partial charge in [-0.3, -0.25) is 4.79 Å². The number of benzene rings is 1. The molecule has 116 valence electrons. The van der Waals surface area contributed by atoms with Crippen molar-refractivity contribution in [2.45, 2.75) is 25.4 Å². The molecule has 0 heterocycles. The molecule has 22 heavy (non-hydrogen) atoms. The average Bonchev–Trinajstić information content (AvgIpc) is 3.26. The Morgan fingerprint density at radius 1 is 1.55 bits per heavy atom. The molecule has 0 bridgehead atoms. The van der Waals surface area contributed by atoms with Crippen LogP contribution >= 0.6 is 0 Å². The van der Waals surface area contributed by atoms with Crippen molar-refractivity contribution >= 4 is 5.91 Å². The van der Waals surface area contributed by atoms with Crippen molar-refractivity contribution in [2.24, 2.45) is 5.92 Å². The van der Waals surface area contributed by atoms with Gasteiger partial charge >= 0.3 is 0 Å². The van der Waals surface area contributed by atoms with Crippen LogP contribution in [-0.4, -0.2) is 17.6 Å². The van der Waals surface area contributed by atoms with E-state index in [1.807, 2.05) is 6.07 Å². The van der Waals surface area contributed by atoms with Crippen LogP contribution in [0.25, 0.3) is 0 Å². The van der Waals surface area contributed by atoms with Crippen LogP contribution in [0.3, 0.4) is 0 Å². The van der Waals surface area contributed by atoms with Gasteiger partial charge in [0.15, 0.2) is 0 Å². The fourth-order valence-electron chi connectivity index (χ4n) is 2.03. The first kappa shape index (κ1) is 16.1. The van der Waals surface area contributed by atoms with E-state index in [9.17, 15) is 18.7 Å². The summed E-state index contributed by atoms with van der Waals surface area (Å²) in [6, 6.07) is 4.64. The molecule has 1 aliphatic rings. The number of allylic oxidation sites excluding steroid dienone is 1. The molecule has 1 amide bonds. The molecule has 0 aromatic heterocycles. The second-order valence-corrected chi connectivity index (χ2v) is 5.61. The lowest BCUT2D eigenvalue weighted by Gasteiger charge is -2.24. The van der Waals surface area contributed by atoms with Crippen molar-refractivity contribution in [3.8, 4) is 6.07 Å². The molecular formula is C16H16F2N2O2. The molecule has 4 nitrogen and oxygen atoms in total. The van der Waals surface area contributed by atoms with Gasteiger partial charge in [0, 0.05) is 11.6 Å². The Labute approximate surface area is 127 Å². The summed E-state index contributed by atoms with van der Waals surface area (Å²) in [5.74, 6) is -2.00. The highest BCUT2D eigenvalue weighted by Crippen LogP contribution is 2.31. The number of nitrogens with zero attached hydrogens (tertiary/aromatic N) is 1. The van der Waals surface area contributed by atoms with Gasteiger partial charge in [-0.05, 0) is 31.7 Å².